The zero-order chi connectivity index (χ0) is 5.91. The third-order valence-corrected chi connectivity index (χ3v) is 2.00. The Bertz CT molecular complexity index is 64.6. The van der Waals surface area contributed by atoms with Gasteiger partial charge in [0.1, 0.15) is 0 Å². The number of hydrogen-bond donors (Lipinski definition) is 0. The van der Waals surface area contributed by atoms with E-state index in [4.69, 9.17) is 0 Å². The zero-order valence-electron chi connectivity index (χ0n) is 4.87. The molecule has 0 bridgehead atoms. The average molecular weight is 163 g/mol. The van der Waals surface area contributed by atoms with Crippen molar-refractivity contribution in [1.29, 1.82) is 0 Å². The first-order chi connectivity index (χ1) is 3.12. The Morgan fingerprint density at radius 2 is 2.29 bits per heavy atom. The molecule has 7 heavy (non-hydrogen) atoms. The monoisotopic (exact) mass is 162 g/mol. The summed E-state index contributed by atoms with van der Waals surface area (Å²) >= 11 is 3.46. The highest BCUT2D eigenvalue weighted by Crippen LogP contribution is 2.21. The van der Waals surface area contributed by atoms with Crippen molar-refractivity contribution < 1.29 is 0 Å². The van der Waals surface area contributed by atoms with E-state index in [1.165, 1.54) is 0 Å². The van der Waals surface area contributed by atoms with Gasteiger partial charge < -0.3 is 0 Å². The lowest BCUT2D eigenvalue weighted by Gasteiger charge is -2.12. The molecule has 0 saturated carbocycles. The molecule has 0 aromatic rings. The zero-order valence-corrected chi connectivity index (χ0v) is 6.46. The summed E-state index contributed by atoms with van der Waals surface area (Å²) in [7, 11) is 0. The summed E-state index contributed by atoms with van der Waals surface area (Å²) < 4.78 is 0.160. The van der Waals surface area contributed by atoms with Crippen LogP contribution in [0.5, 0.6) is 0 Å². The Kier molecular flexibility index (Phi) is 2.59. The van der Waals surface area contributed by atoms with Crippen LogP contribution in [-0.2, 0) is 0 Å². The van der Waals surface area contributed by atoms with Crippen molar-refractivity contribution in [2.75, 3.05) is 0 Å². The first kappa shape index (κ1) is 7.22. The highest BCUT2D eigenvalue weighted by molar-refractivity contribution is 9.10. The molecule has 1 unspecified atom stereocenters. The molecule has 0 heterocycles. The summed E-state index contributed by atoms with van der Waals surface area (Å²) in [6.45, 7) is 7.88. The number of alkyl halides is 1. The van der Waals surface area contributed by atoms with Gasteiger partial charge in [0.05, 0.1) is 0 Å². The highest BCUT2D eigenvalue weighted by Gasteiger charge is 2.09. The molecule has 0 N–H and O–H groups in total. The van der Waals surface area contributed by atoms with Crippen LogP contribution in [0.2, 0.25) is 0 Å². The number of allylic oxidation sites excluding steroid dienone is 1. The van der Waals surface area contributed by atoms with Crippen LogP contribution < -0.4 is 0 Å². The second kappa shape index (κ2) is 2.51. The van der Waals surface area contributed by atoms with E-state index in [1.54, 1.807) is 0 Å². The van der Waals surface area contributed by atoms with Crippen molar-refractivity contribution in [3.05, 3.63) is 12.7 Å². The summed E-state index contributed by atoms with van der Waals surface area (Å²) in [5.74, 6) is 0. The van der Waals surface area contributed by atoms with Crippen molar-refractivity contribution in [3.63, 3.8) is 0 Å². The summed E-state index contributed by atoms with van der Waals surface area (Å²) in [5, 5.41) is 0. The molecule has 0 amide bonds. The van der Waals surface area contributed by atoms with Crippen molar-refractivity contribution in [1.82, 2.24) is 0 Å². The molecule has 1 heteroatoms. The Balaban J connectivity index is 3.58. The minimum Gasteiger partial charge on any atom is -0.102 e. The molecule has 0 aliphatic carbocycles. The molecule has 0 aromatic carbocycles. The lowest BCUT2D eigenvalue weighted by molar-refractivity contribution is 0.773. The van der Waals surface area contributed by atoms with Crippen LogP contribution in [-0.4, -0.2) is 4.32 Å². The molecule has 0 nitrogen and oxygen atoms in total. The second-order valence-corrected chi connectivity index (χ2v) is 3.65. The fraction of sp³-hybridized carbons (Fsp3) is 0.667. The molecule has 0 aromatic heterocycles. The van der Waals surface area contributed by atoms with Gasteiger partial charge in [-0.05, 0) is 13.3 Å². The molecular formula is C6H11Br. The molecule has 42 valence electrons. The summed E-state index contributed by atoms with van der Waals surface area (Å²) in [4.78, 5) is 0. The van der Waals surface area contributed by atoms with Crippen LogP contribution in [0, 0.1) is 0 Å². The maximum atomic E-state index is 3.66. The lowest BCUT2D eigenvalue weighted by atomic mass is 10.1. The van der Waals surface area contributed by atoms with Gasteiger partial charge in [0.25, 0.3) is 0 Å². The maximum absolute atomic E-state index is 3.66. The molecule has 1 atom stereocenters. The van der Waals surface area contributed by atoms with Crippen LogP contribution >= 0.6 is 15.9 Å². The fourth-order valence-electron chi connectivity index (χ4n) is 0.144. The van der Waals surface area contributed by atoms with E-state index in [2.05, 4.69) is 36.4 Å². The Labute approximate surface area is 53.7 Å². The number of halogens is 1. The molecule has 0 fully saturated rings. The first-order valence-electron chi connectivity index (χ1n) is 2.45. The smallest absolute Gasteiger partial charge is 0.0403 e. The standard InChI is InChI=1S/C6H11Br/c1-4-6(3,7)5-2/h4H,1,5H2,2-3H3. The third kappa shape index (κ3) is 2.86. The van der Waals surface area contributed by atoms with E-state index in [9.17, 15) is 0 Å². The Hall–Kier alpha value is 0.220. The predicted octanol–water partition coefficient (Wildman–Crippen LogP) is 2.74. The van der Waals surface area contributed by atoms with Crippen LogP contribution in [0.25, 0.3) is 0 Å². The Morgan fingerprint density at radius 3 is 2.29 bits per heavy atom. The summed E-state index contributed by atoms with van der Waals surface area (Å²) in [6.07, 6.45) is 3.00. The average Bonchev–Trinajstić information content (AvgIpc) is 1.68. The van der Waals surface area contributed by atoms with Crippen molar-refractivity contribution in [3.8, 4) is 0 Å². The van der Waals surface area contributed by atoms with Crippen LogP contribution in [0.3, 0.4) is 0 Å². The first-order valence-corrected chi connectivity index (χ1v) is 3.24. The van der Waals surface area contributed by atoms with Gasteiger partial charge in [-0.3, -0.25) is 0 Å². The van der Waals surface area contributed by atoms with Crippen molar-refractivity contribution in [2.24, 2.45) is 0 Å². The fourth-order valence-corrected chi connectivity index (χ4v) is 0.144. The van der Waals surface area contributed by atoms with E-state index in [0.29, 0.717) is 0 Å². The number of hydrogen-bond acceptors (Lipinski definition) is 0. The van der Waals surface area contributed by atoms with Gasteiger partial charge in [-0.2, -0.15) is 0 Å². The van der Waals surface area contributed by atoms with Gasteiger partial charge in [-0.25, -0.2) is 0 Å². The Morgan fingerprint density at radius 1 is 1.86 bits per heavy atom. The molecule has 0 aliphatic heterocycles. The van der Waals surface area contributed by atoms with Gasteiger partial charge in [0, 0.05) is 4.32 Å². The second-order valence-electron chi connectivity index (χ2n) is 1.84. The van der Waals surface area contributed by atoms with E-state index in [-0.39, 0.29) is 4.32 Å². The van der Waals surface area contributed by atoms with E-state index < -0.39 is 0 Å². The van der Waals surface area contributed by atoms with Gasteiger partial charge in [0.15, 0.2) is 0 Å². The highest BCUT2D eigenvalue weighted by atomic mass is 79.9. The van der Waals surface area contributed by atoms with Crippen LogP contribution in [0.15, 0.2) is 12.7 Å². The van der Waals surface area contributed by atoms with Gasteiger partial charge in [-0.1, -0.05) is 28.9 Å². The van der Waals surface area contributed by atoms with Crippen molar-refractivity contribution >= 4 is 15.9 Å². The minimum atomic E-state index is 0.160. The summed E-state index contributed by atoms with van der Waals surface area (Å²) in [6, 6.07) is 0. The summed E-state index contributed by atoms with van der Waals surface area (Å²) in [5.41, 5.74) is 0. The number of rotatable bonds is 2. The van der Waals surface area contributed by atoms with E-state index in [0.717, 1.165) is 6.42 Å². The topological polar surface area (TPSA) is 0 Å². The molecule has 0 aliphatic rings. The van der Waals surface area contributed by atoms with E-state index in [1.807, 2.05) is 6.08 Å². The van der Waals surface area contributed by atoms with E-state index >= 15 is 0 Å². The molecule has 0 rings (SSSR count). The normalized spacial score (nSPS) is 18.1. The van der Waals surface area contributed by atoms with Gasteiger partial charge >= 0.3 is 0 Å². The SMILES string of the molecule is C=CC(C)(Br)CC. The minimum absolute atomic E-state index is 0.160. The largest absolute Gasteiger partial charge is 0.102 e. The van der Waals surface area contributed by atoms with Gasteiger partial charge in [0.2, 0.25) is 0 Å². The van der Waals surface area contributed by atoms with Gasteiger partial charge in [-0.15, -0.1) is 6.58 Å². The molecule has 0 spiro atoms. The van der Waals surface area contributed by atoms with Crippen molar-refractivity contribution in [2.45, 2.75) is 24.6 Å². The molecule has 0 saturated heterocycles. The quantitative estimate of drug-likeness (QED) is 0.433. The molecule has 0 radical (unpaired) electrons. The lowest BCUT2D eigenvalue weighted by Crippen LogP contribution is -2.07. The van der Waals surface area contributed by atoms with Crippen LogP contribution in [0.1, 0.15) is 20.3 Å². The van der Waals surface area contributed by atoms with Crippen LogP contribution in [0.4, 0.5) is 0 Å². The predicted molar refractivity (Wildman–Crippen MR) is 37.8 cm³/mol. The third-order valence-electron chi connectivity index (χ3n) is 1.12. The molecular weight excluding hydrogens is 152 g/mol. The maximum Gasteiger partial charge on any atom is 0.0403 e.